The number of carboxylic acids is 1. The van der Waals surface area contributed by atoms with E-state index < -0.39 is 29.6 Å². The lowest BCUT2D eigenvalue weighted by Gasteiger charge is -2.30. The molecule has 9 nitrogen and oxygen atoms in total. The Bertz CT molecular complexity index is 1010. The number of carbonyl (C=O) groups excluding carboxylic acids is 2. The molecule has 35 heavy (non-hydrogen) atoms. The highest BCUT2D eigenvalue weighted by Gasteiger charge is 2.38. The molecular weight excluding hydrogens is 452 g/mol. The molecule has 0 bridgehead atoms. The molecule has 2 amide bonds. The zero-order valence-corrected chi connectivity index (χ0v) is 20.2. The van der Waals surface area contributed by atoms with E-state index in [1.165, 1.54) is 21.1 Å². The minimum atomic E-state index is -1.54. The molecule has 2 aromatic carbocycles. The summed E-state index contributed by atoms with van der Waals surface area (Å²) in [4.78, 5) is 37.3. The van der Waals surface area contributed by atoms with Crippen LogP contribution in [-0.2, 0) is 23.8 Å². The fourth-order valence-corrected chi connectivity index (χ4v) is 4.31. The quantitative estimate of drug-likeness (QED) is 0.396. The van der Waals surface area contributed by atoms with Gasteiger partial charge in [0.1, 0.15) is 18.2 Å². The van der Waals surface area contributed by atoms with Crippen LogP contribution in [0.15, 0.2) is 48.5 Å². The Morgan fingerprint density at radius 1 is 1.00 bits per heavy atom. The molecule has 9 heteroatoms. The van der Waals surface area contributed by atoms with Crippen molar-refractivity contribution >= 4 is 18.0 Å². The first kappa shape index (κ1) is 26.2. The normalized spacial score (nSPS) is 14.8. The van der Waals surface area contributed by atoms with Crippen molar-refractivity contribution in [1.82, 2.24) is 10.6 Å². The topological polar surface area (TPSA) is 123 Å². The van der Waals surface area contributed by atoms with Gasteiger partial charge < -0.3 is 30.0 Å². The van der Waals surface area contributed by atoms with Crippen molar-refractivity contribution in [2.24, 2.45) is 0 Å². The van der Waals surface area contributed by atoms with Gasteiger partial charge >= 0.3 is 12.1 Å². The summed E-state index contributed by atoms with van der Waals surface area (Å²) in [5.41, 5.74) is 2.81. The molecule has 3 N–H and O–H groups in total. The number of nitrogens with one attached hydrogen (secondary N) is 2. The highest BCUT2D eigenvalue weighted by molar-refractivity contribution is 5.92. The van der Waals surface area contributed by atoms with E-state index in [1.54, 1.807) is 0 Å². The smallest absolute Gasteiger partial charge is 0.408 e. The lowest BCUT2D eigenvalue weighted by atomic mass is 9.98. The van der Waals surface area contributed by atoms with Gasteiger partial charge in [-0.05, 0) is 42.0 Å². The zero-order chi connectivity index (χ0) is 25.4. The molecule has 3 rings (SSSR count). The molecule has 1 aliphatic rings. The van der Waals surface area contributed by atoms with Crippen LogP contribution in [0.25, 0.3) is 11.1 Å². The molecule has 0 saturated heterocycles. The van der Waals surface area contributed by atoms with Crippen LogP contribution in [0.1, 0.15) is 36.8 Å². The monoisotopic (exact) mass is 484 g/mol. The van der Waals surface area contributed by atoms with Crippen LogP contribution in [0.2, 0.25) is 0 Å². The number of amides is 2. The van der Waals surface area contributed by atoms with Crippen LogP contribution in [0.4, 0.5) is 4.79 Å². The lowest BCUT2D eigenvalue weighted by molar-refractivity contribution is -0.143. The number of hydrogen-bond donors (Lipinski definition) is 3. The van der Waals surface area contributed by atoms with E-state index in [2.05, 4.69) is 10.6 Å². The van der Waals surface area contributed by atoms with Crippen molar-refractivity contribution in [3.05, 3.63) is 59.7 Å². The molecule has 0 aromatic heterocycles. The number of ether oxygens (including phenoxy) is 3. The summed E-state index contributed by atoms with van der Waals surface area (Å²) in [6.07, 6.45) is -0.162. The zero-order valence-electron chi connectivity index (χ0n) is 20.2. The maximum Gasteiger partial charge on any atom is 0.408 e. The third kappa shape index (κ3) is 6.17. The molecule has 2 atom stereocenters. The fourth-order valence-electron chi connectivity index (χ4n) is 4.31. The van der Waals surface area contributed by atoms with Gasteiger partial charge in [0.15, 0.2) is 0 Å². The standard InChI is InChI=1S/C26H32N2O7/c1-26(16-34-3,24(31)27-22(23(29)30)13-8-14-33-2)28-25(32)35-15-21-19-11-6-4-9-17(19)18-10-5-7-12-20(18)21/h4-7,9-12,21-22H,8,13-16H2,1-3H3,(H,27,31)(H,28,32)(H,29,30). The Hall–Kier alpha value is -3.43. The van der Waals surface area contributed by atoms with Gasteiger partial charge in [-0.1, -0.05) is 48.5 Å². The van der Waals surface area contributed by atoms with E-state index in [4.69, 9.17) is 14.2 Å². The number of fused-ring (bicyclic) bond motifs is 3. The first-order valence-electron chi connectivity index (χ1n) is 11.5. The van der Waals surface area contributed by atoms with Crippen molar-refractivity contribution in [2.45, 2.75) is 37.3 Å². The van der Waals surface area contributed by atoms with Crippen LogP contribution in [0, 0.1) is 0 Å². The minimum absolute atomic E-state index is 0.0826. The molecule has 0 saturated carbocycles. The summed E-state index contributed by atoms with van der Waals surface area (Å²) in [5.74, 6) is -1.99. The number of aliphatic carboxylic acids is 1. The first-order chi connectivity index (χ1) is 16.8. The van der Waals surface area contributed by atoms with Gasteiger partial charge in [-0.15, -0.1) is 0 Å². The number of carbonyl (C=O) groups is 3. The van der Waals surface area contributed by atoms with Gasteiger partial charge in [-0.25, -0.2) is 9.59 Å². The first-order valence-corrected chi connectivity index (χ1v) is 11.5. The summed E-state index contributed by atoms with van der Waals surface area (Å²) < 4.78 is 15.6. The summed E-state index contributed by atoms with van der Waals surface area (Å²) in [6, 6.07) is 14.8. The van der Waals surface area contributed by atoms with Crippen LogP contribution in [0.5, 0.6) is 0 Å². The number of benzene rings is 2. The van der Waals surface area contributed by atoms with Crippen LogP contribution in [0.3, 0.4) is 0 Å². The Morgan fingerprint density at radius 2 is 1.60 bits per heavy atom. The average Bonchev–Trinajstić information content (AvgIpc) is 3.16. The molecule has 0 aliphatic heterocycles. The predicted molar refractivity (Wildman–Crippen MR) is 129 cm³/mol. The number of rotatable bonds is 12. The predicted octanol–water partition coefficient (Wildman–Crippen LogP) is 2.93. The van der Waals surface area contributed by atoms with Gasteiger partial charge in [0.05, 0.1) is 6.61 Å². The van der Waals surface area contributed by atoms with E-state index in [9.17, 15) is 19.5 Å². The number of alkyl carbamates (subject to hydrolysis) is 1. The highest BCUT2D eigenvalue weighted by atomic mass is 16.5. The second kappa shape index (κ2) is 11.8. The Kier molecular flexibility index (Phi) is 8.84. The van der Waals surface area contributed by atoms with Gasteiger partial charge in [0.2, 0.25) is 5.91 Å². The molecule has 0 radical (unpaired) electrons. The summed E-state index contributed by atoms with van der Waals surface area (Å²) in [5, 5.41) is 14.5. The van der Waals surface area contributed by atoms with Crippen molar-refractivity contribution in [3.63, 3.8) is 0 Å². The van der Waals surface area contributed by atoms with Crippen molar-refractivity contribution in [3.8, 4) is 11.1 Å². The van der Waals surface area contributed by atoms with E-state index in [1.807, 2.05) is 48.5 Å². The number of carboxylic acid groups (broad SMARTS) is 1. The Labute approximate surface area is 204 Å². The molecule has 2 unspecified atom stereocenters. The second-order valence-corrected chi connectivity index (χ2v) is 8.71. The van der Waals surface area contributed by atoms with E-state index in [0.29, 0.717) is 13.0 Å². The van der Waals surface area contributed by atoms with Gasteiger partial charge in [0.25, 0.3) is 0 Å². The Morgan fingerprint density at radius 3 is 2.14 bits per heavy atom. The van der Waals surface area contributed by atoms with Gasteiger partial charge in [-0.2, -0.15) is 0 Å². The minimum Gasteiger partial charge on any atom is -0.480 e. The molecule has 0 fully saturated rings. The van der Waals surface area contributed by atoms with Gasteiger partial charge in [-0.3, -0.25) is 4.79 Å². The van der Waals surface area contributed by atoms with Crippen LogP contribution < -0.4 is 10.6 Å². The second-order valence-electron chi connectivity index (χ2n) is 8.71. The largest absolute Gasteiger partial charge is 0.480 e. The molecule has 0 spiro atoms. The molecule has 1 aliphatic carbocycles. The maximum absolute atomic E-state index is 13.0. The van der Waals surface area contributed by atoms with E-state index >= 15 is 0 Å². The van der Waals surface area contributed by atoms with E-state index in [-0.39, 0.29) is 25.6 Å². The average molecular weight is 485 g/mol. The van der Waals surface area contributed by atoms with Gasteiger partial charge in [0, 0.05) is 26.7 Å². The lowest BCUT2D eigenvalue weighted by Crippen LogP contribution is -2.62. The summed E-state index contributed by atoms with van der Waals surface area (Å²) >= 11 is 0. The van der Waals surface area contributed by atoms with Crippen molar-refractivity contribution in [1.29, 1.82) is 0 Å². The third-order valence-corrected chi connectivity index (χ3v) is 6.10. The molecule has 0 heterocycles. The number of methoxy groups -OCH3 is 2. The van der Waals surface area contributed by atoms with Crippen molar-refractivity contribution < 1.29 is 33.7 Å². The van der Waals surface area contributed by atoms with E-state index in [0.717, 1.165) is 22.3 Å². The molecule has 188 valence electrons. The van der Waals surface area contributed by atoms with Crippen LogP contribution in [-0.4, -0.2) is 68.7 Å². The summed E-state index contributed by atoms with van der Waals surface area (Å²) in [6.45, 7) is 1.74. The number of hydrogen-bond acceptors (Lipinski definition) is 6. The van der Waals surface area contributed by atoms with Crippen LogP contribution >= 0.6 is 0 Å². The maximum atomic E-state index is 13.0. The highest BCUT2D eigenvalue weighted by Crippen LogP contribution is 2.44. The molecular formula is C26H32N2O7. The van der Waals surface area contributed by atoms with Crippen molar-refractivity contribution in [2.75, 3.05) is 34.0 Å². The molecule has 2 aromatic rings. The SMILES string of the molecule is COCCCC(NC(=O)C(C)(COC)NC(=O)OCC1c2ccccc2-c2ccccc21)C(=O)O. The Balaban J connectivity index is 1.66. The summed E-state index contributed by atoms with van der Waals surface area (Å²) in [7, 11) is 2.90. The third-order valence-electron chi connectivity index (χ3n) is 6.10. The fraction of sp³-hybridized carbons (Fsp3) is 0.423.